The molecular formula is C12H10BrNO3S. The second-order valence-corrected chi connectivity index (χ2v) is 5.36. The van der Waals surface area contributed by atoms with E-state index in [0.29, 0.717) is 5.69 Å². The Bertz CT molecular complexity index is 582. The maximum Gasteiger partial charge on any atom is 0.365 e. The summed E-state index contributed by atoms with van der Waals surface area (Å²) >= 11 is 4.51. The van der Waals surface area contributed by atoms with Crippen LogP contribution < -0.4 is 4.74 Å². The SMILES string of the molecule is Cc1cc(OCc2csc(C(=O)O)n2)ccc1Br. The monoisotopic (exact) mass is 327 g/mol. The molecule has 2 rings (SSSR count). The summed E-state index contributed by atoms with van der Waals surface area (Å²) in [6.45, 7) is 2.24. The molecule has 0 saturated carbocycles. The Kier molecular flexibility index (Phi) is 3.98. The maximum absolute atomic E-state index is 10.7. The van der Waals surface area contributed by atoms with Crippen LogP contribution in [0, 0.1) is 6.92 Å². The van der Waals surface area contributed by atoms with E-state index >= 15 is 0 Å². The van der Waals surface area contributed by atoms with E-state index in [1.165, 1.54) is 0 Å². The summed E-state index contributed by atoms with van der Waals surface area (Å²) in [7, 11) is 0. The van der Waals surface area contributed by atoms with Crippen molar-refractivity contribution in [3.63, 3.8) is 0 Å². The number of carbonyl (C=O) groups is 1. The largest absolute Gasteiger partial charge is 0.487 e. The van der Waals surface area contributed by atoms with Crippen molar-refractivity contribution in [1.82, 2.24) is 4.98 Å². The van der Waals surface area contributed by atoms with Gasteiger partial charge in [0.15, 0.2) is 0 Å². The number of halogens is 1. The molecule has 0 amide bonds. The van der Waals surface area contributed by atoms with E-state index < -0.39 is 5.97 Å². The lowest BCUT2D eigenvalue weighted by molar-refractivity contribution is 0.0696. The maximum atomic E-state index is 10.7. The van der Waals surface area contributed by atoms with Gasteiger partial charge in [-0.3, -0.25) is 0 Å². The Morgan fingerprint density at radius 3 is 2.94 bits per heavy atom. The molecule has 1 heterocycles. The Balaban J connectivity index is 2.02. The Morgan fingerprint density at radius 2 is 2.33 bits per heavy atom. The smallest absolute Gasteiger partial charge is 0.365 e. The van der Waals surface area contributed by atoms with Crippen LogP contribution >= 0.6 is 27.3 Å². The molecule has 4 nitrogen and oxygen atoms in total. The van der Waals surface area contributed by atoms with Crippen molar-refractivity contribution in [2.45, 2.75) is 13.5 Å². The minimum absolute atomic E-state index is 0.0839. The molecule has 0 aliphatic carbocycles. The molecule has 0 radical (unpaired) electrons. The number of aromatic carboxylic acids is 1. The predicted octanol–water partition coefficient (Wildman–Crippen LogP) is 3.49. The summed E-state index contributed by atoms with van der Waals surface area (Å²) < 4.78 is 6.58. The zero-order valence-electron chi connectivity index (χ0n) is 9.51. The average Bonchev–Trinajstić information content (AvgIpc) is 2.79. The van der Waals surface area contributed by atoms with E-state index in [1.807, 2.05) is 25.1 Å². The van der Waals surface area contributed by atoms with Crippen LogP contribution in [0.1, 0.15) is 21.1 Å². The number of carboxylic acids is 1. The fourth-order valence-electron chi connectivity index (χ4n) is 1.34. The molecule has 6 heteroatoms. The van der Waals surface area contributed by atoms with Crippen LogP contribution in [0.3, 0.4) is 0 Å². The van der Waals surface area contributed by atoms with E-state index in [-0.39, 0.29) is 11.6 Å². The molecule has 2 aromatic rings. The quantitative estimate of drug-likeness (QED) is 0.933. The molecule has 1 N–H and O–H groups in total. The van der Waals surface area contributed by atoms with Gasteiger partial charge < -0.3 is 9.84 Å². The number of aryl methyl sites for hydroxylation is 1. The molecule has 0 saturated heterocycles. The fraction of sp³-hybridized carbons (Fsp3) is 0.167. The van der Waals surface area contributed by atoms with E-state index in [9.17, 15) is 4.79 Å². The predicted molar refractivity (Wildman–Crippen MR) is 72.3 cm³/mol. The first-order valence-electron chi connectivity index (χ1n) is 5.13. The lowest BCUT2D eigenvalue weighted by Gasteiger charge is -2.06. The number of ether oxygens (including phenoxy) is 1. The first-order chi connectivity index (χ1) is 8.56. The number of aromatic nitrogens is 1. The zero-order valence-corrected chi connectivity index (χ0v) is 11.9. The summed E-state index contributed by atoms with van der Waals surface area (Å²) in [6, 6.07) is 5.67. The van der Waals surface area contributed by atoms with E-state index in [4.69, 9.17) is 9.84 Å². The first-order valence-corrected chi connectivity index (χ1v) is 6.80. The minimum atomic E-state index is -1.01. The molecule has 1 aromatic heterocycles. The van der Waals surface area contributed by atoms with Crippen LogP contribution in [0.2, 0.25) is 0 Å². The highest BCUT2D eigenvalue weighted by molar-refractivity contribution is 9.10. The molecule has 18 heavy (non-hydrogen) atoms. The van der Waals surface area contributed by atoms with Gasteiger partial charge >= 0.3 is 5.97 Å². The fourth-order valence-corrected chi connectivity index (χ4v) is 2.22. The summed E-state index contributed by atoms with van der Waals surface area (Å²) in [6.07, 6.45) is 0. The van der Waals surface area contributed by atoms with Gasteiger partial charge in [0.1, 0.15) is 12.4 Å². The van der Waals surface area contributed by atoms with Crippen molar-refractivity contribution in [1.29, 1.82) is 0 Å². The lowest BCUT2D eigenvalue weighted by atomic mass is 10.2. The van der Waals surface area contributed by atoms with Crippen LogP contribution in [0.25, 0.3) is 0 Å². The zero-order chi connectivity index (χ0) is 13.1. The molecule has 0 aliphatic heterocycles. The second-order valence-electron chi connectivity index (χ2n) is 3.65. The van der Waals surface area contributed by atoms with E-state index in [2.05, 4.69) is 20.9 Å². The molecule has 0 aliphatic rings. The number of thiazole rings is 1. The third-order valence-corrected chi connectivity index (χ3v) is 4.02. The summed E-state index contributed by atoms with van der Waals surface area (Å²) in [4.78, 5) is 14.6. The van der Waals surface area contributed by atoms with Crippen LogP contribution in [-0.4, -0.2) is 16.1 Å². The van der Waals surface area contributed by atoms with Crippen molar-refractivity contribution in [3.05, 3.63) is 44.3 Å². The number of nitrogens with zero attached hydrogens (tertiary/aromatic N) is 1. The van der Waals surface area contributed by atoms with Gasteiger partial charge in [-0.05, 0) is 30.7 Å². The van der Waals surface area contributed by atoms with Crippen LogP contribution in [-0.2, 0) is 6.61 Å². The highest BCUT2D eigenvalue weighted by Gasteiger charge is 2.09. The van der Waals surface area contributed by atoms with Crippen molar-refractivity contribution in [2.75, 3.05) is 0 Å². The lowest BCUT2D eigenvalue weighted by Crippen LogP contribution is -1.99. The van der Waals surface area contributed by atoms with Gasteiger partial charge in [-0.2, -0.15) is 0 Å². The van der Waals surface area contributed by atoms with Crippen LogP contribution in [0.4, 0.5) is 0 Å². The summed E-state index contributed by atoms with van der Waals surface area (Å²) in [5.41, 5.74) is 1.70. The standard InChI is InChI=1S/C12H10BrNO3S/c1-7-4-9(2-3-10(7)13)17-5-8-6-18-11(14-8)12(15)16/h2-4,6H,5H2,1H3,(H,15,16). The first kappa shape index (κ1) is 13.0. The van der Waals surface area contributed by atoms with Crippen LogP contribution in [0.5, 0.6) is 5.75 Å². The number of benzene rings is 1. The second kappa shape index (κ2) is 5.49. The molecule has 0 spiro atoms. The normalized spacial score (nSPS) is 10.3. The van der Waals surface area contributed by atoms with Gasteiger partial charge in [0.05, 0.1) is 5.69 Å². The Morgan fingerprint density at radius 1 is 1.56 bits per heavy atom. The number of rotatable bonds is 4. The van der Waals surface area contributed by atoms with Crippen molar-refractivity contribution >= 4 is 33.2 Å². The van der Waals surface area contributed by atoms with Gasteiger partial charge in [-0.1, -0.05) is 15.9 Å². The third-order valence-electron chi connectivity index (χ3n) is 2.25. The van der Waals surface area contributed by atoms with Crippen LogP contribution in [0.15, 0.2) is 28.1 Å². The van der Waals surface area contributed by atoms with Gasteiger partial charge in [0, 0.05) is 9.85 Å². The van der Waals surface area contributed by atoms with Gasteiger partial charge in [-0.25, -0.2) is 9.78 Å². The number of hydrogen-bond acceptors (Lipinski definition) is 4. The molecular weight excluding hydrogens is 318 g/mol. The minimum Gasteiger partial charge on any atom is -0.487 e. The Labute approximate surface area is 116 Å². The molecule has 0 fully saturated rings. The average molecular weight is 328 g/mol. The third kappa shape index (κ3) is 3.08. The van der Waals surface area contributed by atoms with Crippen molar-refractivity contribution in [3.8, 4) is 5.75 Å². The molecule has 1 aromatic carbocycles. The number of hydrogen-bond donors (Lipinski definition) is 1. The van der Waals surface area contributed by atoms with Crippen molar-refractivity contribution < 1.29 is 14.6 Å². The van der Waals surface area contributed by atoms with Crippen molar-refractivity contribution in [2.24, 2.45) is 0 Å². The summed E-state index contributed by atoms with van der Waals surface area (Å²) in [5.74, 6) is -0.272. The van der Waals surface area contributed by atoms with Gasteiger partial charge in [0.25, 0.3) is 0 Å². The highest BCUT2D eigenvalue weighted by Crippen LogP contribution is 2.22. The van der Waals surface area contributed by atoms with E-state index in [0.717, 1.165) is 27.1 Å². The summed E-state index contributed by atoms with van der Waals surface area (Å²) in [5, 5.41) is 10.5. The van der Waals surface area contributed by atoms with Gasteiger partial charge in [-0.15, -0.1) is 11.3 Å². The molecule has 0 bridgehead atoms. The highest BCUT2D eigenvalue weighted by atomic mass is 79.9. The number of carboxylic acid groups (broad SMARTS) is 1. The topological polar surface area (TPSA) is 59.4 Å². The van der Waals surface area contributed by atoms with E-state index in [1.54, 1.807) is 5.38 Å². The Hall–Kier alpha value is -1.40. The molecule has 0 unspecified atom stereocenters. The molecule has 94 valence electrons. The molecule has 0 atom stereocenters. The van der Waals surface area contributed by atoms with Gasteiger partial charge in [0.2, 0.25) is 5.01 Å².